The van der Waals surface area contributed by atoms with Crippen molar-refractivity contribution in [2.24, 2.45) is 0 Å². The van der Waals surface area contributed by atoms with Gasteiger partial charge in [-0.1, -0.05) is 18.2 Å². The highest BCUT2D eigenvalue weighted by atomic mass is 16.2. The third kappa shape index (κ3) is 2.52. The van der Waals surface area contributed by atoms with Gasteiger partial charge in [-0.25, -0.2) is 0 Å². The van der Waals surface area contributed by atoms with Crippen LogP contribution >= 0.6 is 0 Å². The van der Waals surface area contributed by atoms with Gasteiger partial charge < -0.3 is 9.88 Å². The van der Waals surface area contributed by atoms with Crippen LogP contribution in [0.5, 0.6) is 0 Å². The van der Waals surface area contributed by atoms with Crippen molar-refractivity contribution in [2.45, 2.75) is 25.7 Å². The molecule has 5 heteroatoms. The Morgan fingerprint density at radius 1 is 1.39 bits per heavy atom. The van der Waals surface area contributed by atoms with Crippen molar-refractivity contribution >= 4 is 16.8 Å². The van der Waals surface area contributed by atoms with Crippen LogP contribution in [0.4, 0.5) is 0 Å². The standard InChI is InChI=1S/C18H20N4O/c1-12-9-20-21-18(12)13-6-7-22(11-13)17(23)8-14-10-19-16-5-3-2-4-15(14)16/h2-5,9-10,13,19H,6-8,11H2,1H3,(H,20,21)/t13-/m0/s1. The van der Waals surface area contributed by atoms with E-state index in [1.807, 2.05) is 35.5 Å². The van der Waals surface area contributed by atoms with Crippen molar-refractivity contribution in [3.63, 3.8) is 0 Å². The number of nitrogens with zero attached hydrogens (tertiary/aromatic N) is 2. The predicted octanol–water partition coefficient (Wildman–Crippen LogP) is 2.76. The summed E-state index contributed by atoms with van der Waals surface area (Å²) in [6.07, 6.45) is 5.27. The summed E-state index contributed by atoms with van der Waals surface area (Å²) in [5.41, 5.74) is 4.52. The molecule has 3 aromatic rings. The molecule has 1 atom stereocenters. The number of para-hydroxylation sites is 1. The molecule has 0 radical (unpaired) electrons. The number of aromatic amines is 2. The third-order valence-corrected chi connectivity index (χ3v) is 4.83. The molecule has 4 rings (SSSR count). The van der Waals surface area contributed by atoms with Gasteiger partial charge in [-0.15, -0.1) is 0 Å². The lowest BCUT2D eigenvalue weighted by Crippen LogP contribution is -2.29. The first kappa shape index (κ1) is 14.1. The van der Waals surface area contributed by atoms with Crippen LogP contribution in [0.25, 0.3) is 10.9 Å². The molecule has 0 bridgehead atoms. The van der Waals surface area contributed by atoms with E-state index in [1.165, 1.54) is 11.3 Å². The van der Waals surface area contributed by atoms with E-state index in [4.69, 9.17) is 0 Å². The fourth-order valence-corrected chi connectivity index (χ4v) is 3.54. The summed E-state index contributed by atoms with van der Waals surface area (Å²) in [7, 11) is 0. The molecule has 1 amide bonds. The second-order valence-electron chi connectivity index (χ2n) is 6.33. The molecule has 2 aromatic heterocycles. The van der Waals surface area contributed by atoms with Gasteiger partial charge in [-0.3, -0.25) is 9.89 Å². The minimum Gasteiger partial charge on any atom is -0.361 e. The Hall–Kier alpha value is -2.56. The van der Waals surface area contributed by atoms with E-state index >= 15 is 0 Å². The first-order valence-corrected chi connectivity index (χ1v) is 8.05. The molecule has 0 aliphatic carbocycles. The van der Waals surface area contributed by atoms with Crippen LogP contribution in [0.15, 0.2) is 36.7 Å². The summed E-state index contributed by atoms with van der Waals surface area (Å²) in [5.74, 6) is 0.582. The predicted molar refractivity (Wildman–Crippen MR) is 89.3 cm³/mol. The minimum atomic E-state index is 0.203. The number of aromatic nitrogens is 3. The molecule has 1 fully saturated rings. The molecule has 0 saturated carbocycles. The molecule has 2 N–H and O–H groups in total. The largest absolute Gasteiger partial charge is 0.361 e. The van der Waals surface area contributed by atoms with E-state index in [9.17, 15) is 4.79 Å². The average molecular weight is 308 g/mol. The molecule has 1 aliphatic heterocycles. The zero-order valence-electron chi connectivity index (χ0n) is 13.2. The van der Waals surface area contributed by atoms with Crippen molar-refractivity contribution in [3.8, 4) is 0 Å². The van der Waals surface area contributed by atoms with Gasteiger partial charge in [-0.05, 0) is 30.5 Å². The van der Waals surface area contributed by atoms with Crippen molar-refractivity contribution in [1.82, 2.24) is 20.1 Å². The van der Waals surface area contributed by atoms with E-state index in [-0.39, 0.29) is 5.91 Å². The fourth-order valence-electron chi connectivity index (χ4n) is 3.54. The number of carbonyl (C=O) groups excluding carboxylic acids is 1. The highest BCUT2D eigenvalue weighted by Gasteiger charge is 2.29. The van der Waals surface area contributed by atoms with E-state index < -0.39 is 0 Å². The highest BCUT2D eigenvalue weighted by molar-refractivity contribution is 5.89. The van der Waals surface area contributed by atoms with Crippen LogP contribution in [-0.4, -0.2) is 39.1 Å². The zero-order valence-corrected chi connectivity index (χ0v) is 13.2. The number of hydrogen-bond acceptors (Lipinski definition) is 2. The second-order valence-corrected chi connectivity index (χ2v) is 6.33. The van der Waals surface area contributed by atoms with Gasteiger partial charge >= 0.3 is 0 Å². The molecule has 3 heterocycles. The SMILES string of the molecule is Cc1cn[nH]c1[C@H]1CCN(C(=O)Cc2c[nH]c3ccccc23)C1. The lowest BCUT2D eigenvalue weighted by atomic mass is 10.0. The number of nitrogens with one attached hydrogen (secondary N) is 2. The summed E-state index contributed by atoms with van der Waals surface area (Å²) in [6, 6.07) is 8.12. The topological polar surface area (TPSA) is 64.8 Å². The molecule has 0 spiro atoms. The number of amides is 1. The summed E-state index contributed by atoms with van der Waals surface area (Å²) >= 11 is 0. The summed E-state index contributed by atoms with van der Waals surface area (Å²) in [5, 5.41) is 8.32. The third-order valence-electron chi connectivity index (χ3n) is 4.83. The number of H-pyrrole nitrogens is 2. The molecule has 118 valence electrons. The molecular weight excluding hydrogens is 288 g/mol. The van der Waals surface area contributed by atoms with Gasteiger partial charge in [0.15, 0.2) is 0 Å². The molecule has 0 unspecified atom stereocenters. The van der Waals surface area contributed by atoms with Crippen molar-refractivity contribution < 1.29 is 4.79 Å². The fraction of sp³-hybridized carbons (Fsp3) is 0.333. The quantitative estimate of drug-likeness (QED) is 0.781. The Kier molecular flexibility index (Phi) is 3.41. The number of rotatable bonds is 3. The molecule has 1 aliphatic rings. The Morgan fingerprint density at radius 3 is 3.09 bits per heavy atom. The number of aryl methyl sites for hydroxylation is 1. The van der Waals surface area contributed by atoms with Gasteiger partial charge in [0.2, 0.25) is 5.91 Å². The van der Waals surface area contributed by atoms with Crippen LogP contribution in [0, 0.1) is 6.92 Å². The Labute approximate surface area is 134 Å². The highest BCUT2D eigenvalue weighted by Crippen LogP contribution is 2.28. The number of benzene rings is 1. The Bertz CT molecular complexity index is 847. The number of fused-ring (bicyclic) bond motifs is 1. The van der Waals surface area contributed by atoms with Crippen molar-refractivity contribution in [1.29, 1.82) is 0 Å². The summed E-state index contributed by atoms with van der Waals surface area (Å²) in [4.78, 5) is 17.9. The molecule has 1 saturated heterocycles. The first-order chi connectivity index (χ1) is 11.2. The normalized spacial score (nSPS) is 18.0. The lowest BCUT2D eigenvalue weighted by molar-refractivity contribution is -0.129. The molecule has 23 heavy (non-hydrogen) atoms. The van der Waals surface area contributed by atoms with E-state index in [2.05, 4.69) is 28.2 Å². The summed E-state index contributed by atoms with van der Waals surface area (Å²) in [6.45, 7) is 3.67. The van der Waals surface area contributed by atoms with Crippen molar-refractivity contribution in [3.05, 3.63) is 53.5 Å². The van der Waals surface area contributed by atoms with E-state index in [0.717, 1.165) is 36.0 Å². The van der Waals surface area contributed by atoms with Gasteiger partial charge in [0.05, 0.1) is 12.6 Å². The van der Waals surface area contributed by atoms with Crippen LogP contribution < -0.4 is 0 Å². The maximum atomic E-state index is 12.6. The number of carbonyl (C=O) groups is 1. The molecule has 1 aromatic carbocycles. The number of hydrogen-bond donors (Lipinski definition) is 2. The lowest BCUT2D eigenvalue weighted by Gasteiger charge is -2.16. The number of likely N-dealkylation sites (tertiary alicyclic amines) is 1. The van der Waals surface area contributed by atoms with Crippen LogP contribution in [-0.2, 0) is 11.2 Å². The zero-order chi connectivity index (χ0) is 15.8. The smallest absolute Gasteiger partial charge is 0.227 e. The minimum absolute atomic E-state index is 0.203. The maximum Gasteiger partial charge on any atom is 0.227 e. The Balaban J connectivity index is 1.47. The Morgan fingerprint density at radius 2 is 2.26 bits per heavy atom. The second kappa shape index (κ2) is 5.57. The maximum absolute atomic E-state index is 12.6. The summed E-state index contributed by atoms with van der Waals surface area (Å²) < 4.78 is 0. The average Bonchev–Trinajstić information content (AvgIpc) is 3.27. The van der Waals surface area contributed by atoms with Gasteiger partial charge in [0.1, 0.15) is 0 Å². The van der Waals surface area contributed by atoms with Crippen LogP contribution in [0.1, 0.15) is 29.2 Å². The van der Waals surface area contributed by atoms with Crippen molar-refractivity contribution in [2.75, 3.05) is 13.1 Å². The molecular formula is C18H20N4O. The monoisotopic (exact) mass is 308 g/mol. The van der Waals surface area contributed by atoms with E-state index in [0.29, 0.717) is 12.3 Å². The van der Waals surface area contributed by atoms with E-state index in [1.54, 1.807) is 0 Å². The van der Waals surface area contributed by atoms with Gasteiger partial charge in [-0.2, -0.15) is 5.10 Å². The van der Waals surface area contributed by atoms with Gasteiger partial charge in [0, 0.05) is 41.8 Å². The van der Waals surface area contributed by atoms with Gasteiger partial charge in [0.25, 0.3) is 0 Å². The van der Waals surface area contributed by atoms with Crippen LogP contribution in [0.3, 0.4) is 0 Å². The van der Waals surface area contributed by atoms with Crippen LogP contribution in [0.2, 0.25) is 0 Å². The first-order valence-electron chi connectivity index (χ1n) is 8.05. The molecule has 5 nitrogen and oxygen atoms in total.